The fourth-order valence-corrected chi connectivity index (χ4v) is 6.29. The molecule has 11 nitrogen and oxygen atoms in total. The number of methoxy groups -OCH3 is 1. The molecule has 1 amide bonds. The zero-order valence-electron chi connectivity index (χ0n) is 24.6. The van der Waals surface area contributed by atoms with Gasteiger partial charge >= 0.3 is 0 Å². The molecule has 2 heterocycles. The molecule has 3 atom stereocenters. The van der Waals surface area contributed by atoms with E-state index in [4.69, 9.17) is 18.9 Å². The summed E-state index contributed by atoms with van der Waals surface area (Å²) in [6.07, 6.45) is -0.425. The highest BCUT2D eigenvalue weighted by molar-refractivity contribution is 7.92. The summed E-state index contributed by atoms with van der Waals surface area (Å²) in [5.41, 5.74) is 1.39. The molecule has 2 N–H and O–H groups in total. The van der Waals surface area contributed by atoms with Crippen molar-refractivity contribution in [3.63, 3.8) is 0 Å². The molecule has 230 valence electrons. The van der Waals surface area contributed by atoms with Gasteiger partial charge in [0, 0.05) is 25.6 Å². The zero-order chi connectivity index (χ0) is 30.7. The highest BCUT2D eigenvalue weighted by Crippen LogP contribution is 2.37. The van der Waals surface area contributed by atoms with Gasteiger partial charge in [0.1, 0.15) is 11.9 Å². The number of sulfonamides is 1. The number of amides is 1. The van der Waals surface area contributed by atoms with Crippen LogP contribution in [0.5, 0.6) is 23.0 Å². The first-order valence-corrected chi connectivity index (χ1v) is 15.5. The minimum absolute atomic E-state index is 0.0342. The Kier molecular flexibility index (Phi) is 9.00. The molecule has 3 aromatic rings. The Hall–Kier alpha value is -4.00. The number of rotatable bonds is 10. The number of hydrogen-bond donors (Lipinski definition) is 2. The SMILES string of the molecule is COc1ccc(S(=O)(=O)Nc2cccc3c2O[C@H](CN(C)Cc2ccc4c(c2)OCO4)[C@H](C)CN([C@H](C)CO)C3=O)cc1. The van der Waals surface area contributed by atoms with E-state index in [1.54, 1.807) is 42.2 Å². The fourth-order valence-electron chi connectivity index (χ4n) is 5.22. The molecule has 0 aliphatic carbocycles. The lowest BCUT2D eigenvalue weighted by molar-refractivity contribution is 0.0344. The molecule has 0 aromatic heterocycles. The van der Waals surface area contributed by atoms with Crippen LogP contribution in [0.4, 0.5) is 5.69 Å². The molecule has 12 heteroatoms. The number of anilines is 1. The van der Waals surface area contributed by atoms with Gasteiger partial charge in [-0.2, -0.15) is 0 Å². The van der Waals surface area contributed by atoms with Crippen molar-refractivity contribution in [1.29, 1.82) is 0 Å². The topological polar surface area (TPSA) is 127 Å². The Morgan fingerprint density at radius 3 is 2.58 bits per heavy atom. The summed E-state index contributed by atoms with van der Waals surface area (Å²) in [7, 11) is -0.555. The van der Waals surface area contributed by atoms with Crippen molar-refractivity contribution in [2.75, 3.05) is 45.4 Å². The Balaban J connectivity index is 1.46. The normalized spacial score (nSPS) is 18.8. The van der Waals surface area contributed by atoms with E-state index < -0.39 is 22.2 Å². The van der Waals surface area contributed by atoms with Crippen LogP contribution in [0.1, 0.15) is 29.8 Å². The Labute approximate surface area is 252 Å². The van der Waals surface area contributed by atoms with Crippen LogP contribution in [-0.4, -0.2) is 82.0 Å². The van der Waals surface area contributed by atoms with E-state index in [9.17, 15) is 18.3 Å². The van der Waals surface area contributed by atoms with Gasteiger partial charge < -0.3 is 29.0 Å². The number of nitrogens with one attached hydrogen (secondary N) is 1. The number of likely N-dealkylation sites (N-methyl/N-ethyl adjacent to an activating group) is 1. The number of para-hydroxylation sites is 1. The van der Waals surface area contributed by atoms with Crippen molar-refractivity contribution in [3.8, 4) is 23.0 Å². The quantitative estimate of drug-likeness (QED) is 0.354. The number of hydrogen-bond acceptors (Lipinski definition) is 9. The minimum Gasteiger partial charge on any atom is -0.497 e. The summed E-state index contributed by atoms with van der Waals surface area (Å²) in [4.78, 5) is 17.5. The summed E-state index contributed by atoms with van der Waals surface area (Å²) in [5, 5.41) is 9.96. The van der Waals surface area contributed by atoms with Gasteiger partial charge in [0.25, 0.3) is 15.9 Å². The van der Waals surface area contributed by atoms with Crippen molar-refractivity contribution in [2.24, 2.45) is 5.92 Å². The van der Waals surface area contributed by atoms with E-state index in [-0.39, 0.29) is 47.1 Å². The van der Waals surface area contributed by atoms with Crippen LogP contribution in [0.3, 0.4) is 0 Å². The molecule has 0 radical (unpaired) electrons. The van der Waals surface area contributed by atoms with Crippen molar-refractivity contribution >= 4 is 21.6 Å². The maximum atomic E-state index is 13.8. The largest absolute Gasteiger partial charge is 0.497 e. The molecule has 3 aromatic carbocycles. The van der Waals surface area contributed by atoms with Gasteiger partial charge in [-0.25, -0.2) is 8.42 Å². The van der Waals surface area contributed by atoms with Crippen LogP contribution in [0.25, 0.3) is 0 Å². The Bertz CT molecular complexity index is 1560. The van der Waals surface area contributed by atoms with E-state index in [2.05, 4.69) is 9.62 Å². The van der Waals surface area contributed by atoms with Gasteiger partial charge in [-0.3, -0.25) is 14.4 Å². The Morgan fingerprint density at radius 2 is 1.86 bits per heavy atom. The molecule has 0 saturated heterocycles. The molecule has 5 rings (SSSR count). The summed E-state index contributed by atoms with van der Waals surface area (Å²) in [6, 6.07) is 16.2. The molecular weight excluding hydrogens is 574 g/mol. The number of nitrogens with zero attached hydrogens (tertiary/aromatic N) is 2. The molecule has 2 aliphatic heterocycles. The van der Waals surface area contributed by atoms with Crippen LogP contribution >= 0.6 is 0 Å². The van der Waals surface area contributed by atoms with Gasteiger partial charge in [-0.15, -0.1) is 0 Å². The lowest BCUT2D eigenvalue weighted by Gasteiger charge is -2.38. The minimum atomic E-state index is -4.03. The van der Waals surface area contributed by atoms with Gasteiger partial charge in [-0.05, 0) is 68.1 Å². The molecule has 43 heavy (non-hydrogen) atoms. The number of aliphatic hydroxyl groups is 1. The second-order valence-electron chi connectivity index (χ2n) is 11.0. The van der Waals surface area contributed by atoms with E-state index in [1.165, 1.54) is 19.2 Å². The summed E-state index contributed by atoms with van der Waals surface area (Å²) < 4.78 is 52.1. The second-order valence-corrected chi connectivity index (χ2v) is 12.7. The fraction of sp³-hybridized carbons (Fsp3) is 0.387. The molecule has 0 saturated carbocycles. The number of benzene rings is 3. The third-order valence-electron chi connectivity index (χ3n) is 7.69. The Morgan fingerprint density at radius 1 is 1.12 bits per heavy atom. The van der Waals surface area contributed by atoms with Gasteiger partial charge in [0.05, 0.1) is 35.9 Å². The maximum absolute atomic E-state index is 13.8. The summed E-state index contributed by atoms with van der Waals surface area (Å²) in [5.74, 6) is 1.59. The van der Waals surface area contributed by atoms with Crippen molar-refractivity contribution in [1.82, 2.24) is 9.80 Å². The lowest BCUT2D eigenvalue weighted by atomic mass is 9.99. The molecule has 0 spiro atoms. The van der Waals surface area contributed by atoms with E-state index in [0.29, 0.717) is 36.9 Å². The molecule has 0 fully saturated rings. The third-order valence-corrected chi connectivity index (χ3v) is 9.07. The lowest BCUT2D eigenvalue weighted by Crippen LogP contribution is -2.49. The first-order valence-electron chi connectivity index (χ1n) is 14.0. The summed E-state index contributed by atoms with van der Waals surface area (Å²) >= 11 is 0. The van der Waals surface area contributed by atoms with Gasteiger partial charge in [0.2, 0.25) is 6.79 Å². The summed E-state index contributed by atoms with van der Waals surface area (Å²) in [6.45, 7) is 5.18. The van der Waals surface area contributed by atoms with Gasteiger partial charge in [-0.1, -0.05) is 19.1 Å². The number of aliphatic hydroxyl groups excluding tert-OH is 1. The van der Waals surface area contributed by atoms with Crippen LogP contribution in [-0.2, 0) is 16.6 Å². The number of ether oxygens (including phenoxy) is 4. The van der Waals surface area contributed by atoms with Gasteiger partial charge in [0.15, 0.2) is 17.2 Å². The van der Waals surface area contributed by atoms with Crippen LogP contribution < -0.4 is 23.7 Å². The third kappa shape index (κ3) is 6.66. The van der Waals surface area contributed by atoms with E-state index >= 15 is 0 Å². The highest BCUT2D eigenvalue weighted by atomic mass is 32.2. The van der Waals surface area contributed by atoms with Crippen molar-refractivity contribution in [3.05, 3.63) is 71.8 Å². The number of carbonyl (C=O) groups excluding carboxylic acids is 1. The maximum Gasteiger partial charge on any atom is 0.262 e. The monoisotopic (exact) mass is 611 g/mol. The second kappa shape index (κ2) is 12.7. The molecule has 2 aliphatic rings. The first-order chi connectivity index (χ1) is 20.6. The predicted octanol–water partition coefficient (Wildman–Crippen LogP) is 3.58. The van der Waals surface area contributed by atoms with Crippen LogP contribution in [0, 0.1) is 5.92 Å². The molecular formula is C31H37N3O8S. The molecule has 0 bridgehead atoms. The van der Waals surface area contributed by atoms with Crippen molar-refractivity contribution < 1.29 is 37.3 Å². The average Bonchev–Trinajstić information content (AvgIpc) is 3.47. The first kappa shape index (κ1) is 30.5. The predicted molar refractivity (Wildman–Crippen MR) is 160 cm³/mol. The number of fused-ring (bicyclic) bond motifs is 2. The average molecular weight is 612 g/mol. The van der Waals surface area contributed by atoms with Crippen LogP contribution in [0.2, 0.25) is 0 Å². The smallest absolute Gasteiger partial charge is 0.262 e. The highest BCUT2D eigenvalue weighted by Gasteiger charge is 2.35. The zero-order valence-corrected chi connectivity index (χ0v) is 25.5. The van der Waals surface area contributed by atoms with Crippen molar-refractivity contribution in [2.45, 2.75) is 37.4 Å². The van der Waals surface area contributed by atoms with E-state index in [1.807, 2.05) is 32.2 Å². The van der Waals surface area contributed by atoms with E-state index in [0.717, 1.165) is 5.56 Å². The van der Waals surface area contributed by atoms with Crippen LogP contribution in [0.15, 0.2) is 65.6 Å². The standard InChI is InChI=1S/C31H37N3O8S/c1-20-15-34(21(2)18-35)31(36)25-6-5-7-26(32-43(37,38)24-11-9-23(39-4)10-12-24)30(25)42-29(20)17-33(3)16-22-8-13-27-28(14-22)41-19-40-27/h5-14,20-21,29,32,35H,15-19H2,1-4H3/t20-,21-,29-/m1/s1. The number of carbonyl (C=O) groups is 1. The molecule has 0 unspecified atom stereocenters.